The first kappa shape index (κ1) is 26.0. The van der Waals surface area contributed by atoms with Gasteiger partial charge in [-0.25, -0.2) is 9.83 Å². The number of piperidine rings is 1. The first-order valence-electron chi connectivity index (χ1n) is 12.5. The first-order chi connectivity index (χ1) is 17.5. The standard InChI is InChI=1S/C27H32N6O2S/c1-3-21-22(16-28)27(36-24(25(29)35)18-8-5-4-6-9-18)31-26(23(21)30-2)32-14-11-19(12-15-32)33-13-7-10-20(33)17-34/h4-6,8-9,19-20,24,34H,3,7,10-15,17H2,1H3,(H2,29,35)/t20-,24?/m1/s1. The van der Waals surface area contributed by atoms with E-state index in [4.69, 9.17) is 17.3 Å². The maximum atomic E-state index is 12.4. The Kier molecular flexibility index (Phi) is 8.48. The van der Waals surface area contributed by atoms with Gasteiger partial charge in [0.1, 0.15) is 22.2 Å². The molecule has 2 fully saturated rings. The minimum Gasteiger partial charge on any atom is -0.395 e. The first-order valence-corrected chi connectivity index (χ1v) is 13.4. The van der Waals surface area contributed by atoms with Crippen LogP contribution in [0.15, 0.2) is 35.4 Å². The van der Waals surface area contributed by atoms with Crippen LogP contribution < -0.4 is 10.6 Å². The Morgan fingerprint density at radius 3 is 2.61 bits per heavy atom. The van der Waals surface area contributed by atoms with Crippen LogP contribution in [0.5, 0.6) is 0 Å². The highest BCUT2D eigenvalue weighted by atomic mass is 32.2. The van der Waals surface area contributed by atoms with Crippen LogP contribution in [0.25, 0.3) is 4.85 Å². The SMILES string of the molecule is [C-]#[N+]c1c(N2CCC(N3CCC[C@@H]3CO)CC2)nc(SC(C(N)=O)c2ccccc2)c(C#N)c1CC. The number of aliphatic hydroxyl groups excluding tert-OH is 1. The number of rotatable bonds is 8. The fourth-order valence-corrected chi connectivity index (χ4v) is 6.50. The molecule has 2 aliphatic rings. The Labute approximate surface area is 216 Å². The number of thioether (sulfide) groups is 1. The van der Waals surface area contributed by atoms with Crippen LogP contribution in [0.2, 0.25) is 0 Å². The quantitative estimate of drug-likeness (QED) is 0.415. The van der Waals surface area contributed by atoms with E-state index in [1.807, 2.05) is 37.3 Å². The second-order valence-electron chi connectivity index (χ2n) is 9.27. The van der Waals surface area contributed by atoms with E-state index in [0.717, 1.165) is 50.9 Å². The number of nitrogens with zero attached hydrogens (tertiary/aromatic N) is 5. The van der Waals surface area contributed by atoms with Gasteiger partial charge in [0.05, 0.1) is 18.7 Å². The minimum absolute atomic E-state index is 0.197. The molecule has 2 atom stereocenters. The molecule has 2 saturated heterocycles. The zero-order valence-electron chi connectivity index (χ0n) is 20.6. The van der Waals surface area contributed by atoms with Crippen LogP contribution in [0.4, 0.5) is 11.5 Å². The number of anilines is 1. The second kappa shape index (κ2) is 11.7. The molecule has 8 nitrogen and oxygen atoms in total. The van der Waals surface area contributed by atoms with Gasteiger partial charge in [0.2, 0.25) is 11.6 Å². The Bertz CT molecular complexity index is 1170. The summed E-state index contributed by atoms with van der Waals surface area (Å²) < 4.78 is 0. The molecule has 1 aromatic heterocycles. The van der Waals surface area contributed by atoms with Crippen LogP contribution >= 0.6 is 11.8 Å². The molecule has 1 aromatic carbocycles. The largest absolute Gasteiger partial charge is 0.395 e. The van der Waals surface area contributed by atoms with Crippen LogP contribution in [-0.4, -0.2) is 59.2 Å². The summed E-state index contributed by atoms with van der Waals surface area (Å²) in [6.07, 6.45) is 4.52. The van der Waals surface area contributed by atoms with Gasteiger partial charge in [0, 0.05) is 25.2 Å². The van der Waals surface area contributed by atoms with Crippen LogP contribution in [0.3, 0.4) is 0 Å². The fourth-order valence-electron chi connectivity index (χ4n) is 5.44. The second-order valence-corrected chi connectivity index (χ2v) is 10.4. The molecule has 3 heterocycles. The molecule has 0 aliphatic carbocycles. The van der Waals surface area contributed by atoms with Crippen molar-refractivity contribution in [2.45, 2.75) is 61.4 Å². The van der Waals surface area contributed by atoms with E-state index < -0.39 is 11.2 Å². The number of amides is 1. The average Bonchev–Trinajstić information content (AvgIpc) is 3.40. The highest BCUT2D eigenvalue weighted by molar-refractivity contribution is 8.00. The summed E-state index contributed by atoms with van der Waals surface area (Å²) in [7, 11) is 0. The van der Waals surface area contributed by atoms with Crippen molar-refractivity contribution in [1.82, 2.24) is 9.88 Å². The third-order valence-electron chi connectivity index (χ3n) is 7.25. The molecule has 1 unspecified atom stereocenters. The molecule has 9 heteroatoms. The monoisotopic (exact) mass is 504 g/mol. The summed E-state index contributed by atoms with van der Waals surface area (Å²) in [5.74, 6) is 0.0776. The number of carbonyl (C=O) groups is 1. The maximum Gasteiger partial charge on any atom is 0.235 e. The van der Waals surface area contributed by atoms with Gasteiger partial charge in [0.25, 0.3) is 0 Å². The number of primary amides is 1. The van der Waals surface area contributed by atoms with Gasteiger partial charge in [-0.3, -0.25) is 9.69 Å². The summed E-state index contributed by atoms with van der Waals surface area (Å²) in [5, 5.41) is 19.5. The molecule has 36 heavy (non-hydrogen) atoms. The number of benzene rings is 1. The van der Waals surface area contributed by atoms with E-state index in [1.165, 1.54) is 11.8 Å². The van der Waals surface area contributed by atoms with Crippen molar-refractivity contribution in [1.29, 1.82) is 5.26 Å². The Morgan fingerprint density at radius 2 is 2.03 bits per heavy atom. The topological polar surface area (TPSA) is 111 Å². The number of likely N-dealkylation sites (tertiary alicyclic amines) is 1. The molecule has 2 aliphatic heterocycles. The highest BCUT2D eigenvalue weighted by Gasteiger charge is 2.34. The number of nitriles is 1. The van der Waals surface area contributed by atoms with Gasteiger partial charge in [-0.1, -0.05) is 49.0 Å². The molecule has 3 N–H and O–H groups in total. The highest BCUT2D eigenvalue weighted by Crippen LogP contribution is 2.43. The van der Waals surface area contributed by atoms with Gasteiger partial charge in [-0.05, 0) is 49.8 Å². The third-order valence-corrected chi connectivity index (χ3v) is 8.51. The van der Waals surface area contributed by atoms with Crippen molar-refractivity contribution in [2.75, 3.05) is 31.1 Å². The third kappa shape index (κ3) is 5.19. The molecular weight excluding hydrogens is 472 g/mol. The molecule has 2 aromatic rings. The summed E-state index contributed by atoms with van der Waals surface area (Å²) in [4.78, 5) is 25.6. The van der Waals surface area contributed by atoms with Gasteiger partial charge in [-0.2, -0.15) is 5.26 Å². The number of hydrogen-bond acceptors (Lipinski definition) is 7. The lowest BCUT2D eigenvalue weighted by atomic mass is 10.0. The lowest BCUT2D eigenvalue weighted by molar-refractivity contribution is -0.117. The number of aromatic nitrogens is 1. The molecule has 0 radical (unpaired) electrons. The van der Waals surface area contributed by atoms with Crippen molar-refractivity contribution in [3.8, 4) is 6.07 Å². The van der Waals surface area contributed by atoms with E-state index >= 15 is 0 Å². The predicted molar refractivity (Wildman–Crippen MR) is 141 cm³/mol. The molecule has 0 bridgehead atoms. The number of hydrogen-bond donors (Lipinski definition) is 2. The van der Waals surface area contributed by atoms with E-state index in [0.29, 0.717) is 40.1 Å². The Balaban J connectivity index is 1.66. The van der Waals surface area contributed by atoms with Crippen LogP contribution in [0.1, 0.15) is 54.5 Å². The number of pyridine rings is 1. The number of carbonyl (C=O) groups excluding carboxylic acids is 1. The summed E-state index contributed by atoms with van der Waals surface area (Å²) in [5.41, 5.74) is 7.94. The molecule has 0 saturated carbocycles. The zero-order valence-corrected chi connectivity index (χ0v) is 21.4. The normalized spacial score (nSPS) is 19.6. The number of aliphatic hydroxyl groups is 1. The molecule has 188 valence electrons. The molecule has 1 amide bonds. The lowest BCUT2D eigenvalue weighted by Crippen LogP contribution is -2.48. The van der Waals surface area contributed by atoms with Gasteiger partial charge in [0.15, 0.2) is 0 Å². The van der Waals surface area contributed by atoms with E-state index in [1.54, 1.807) is 0 Å². The minimum atomic E-state index is -0.696. The molecule has 0 spiro atoms. The van der Waals surface area contributed by atoms with E-state index in [2.05, 4.69) is 20.7 Å². The van der Waals surface area contributed by atoms with Gasteiger partial charge >= 0.3 is 0 Å². The van der Waals surface area contributed by atoms with Gasteiger partial charge in [-0.15, -0.1) is 0 Å². The van der Waals surface area contributed by atoms with E-state index in [9.17, 15) is 15.2 Å². The smallest absolute Gasteiger partial charge is 0.235 e. The Morgan fingerprint density at radius 1 is 1.31 bits per heavy atom. The van der Waals surface area contributed by atoms with Crippen LogP contribution in [-0.2, 0) is 11.2 Å². The van der Waals surface area contributed by atoms with Crippen molar-refractivity contribution in [2.24, 2.45) is 5.73 Å². The molecule has 4 rings (SSSR count). The molecular formula is C27H32N6O2S. The van der Waals surface area contributed by atoms with Crippen molar-refractivity contribution >= 4 is 29.2 Å². The fraction of sp³-hybridized carbons (Fsp3) is 0.481. The lowest BCUT2D eigenvalue weighted by Gasteiger charge is -2.40. The summed E-state index contributed by atoms with van der Waals surface area (Å²) in [6, 6.07) is 12.1. The average molecular weight is 505 g/mol. The zero-order chi connectivity index (χ0) is 25.7. The van der Waals surface area contributed by atoms with Crippen molar-refractivity contribution in [3.05, 3.63) is 58.4 Å². The van der Waals surface area contributed by atoms with Gasteiger partial charge < -0.3 is 15.7 Å². The number of nitrogens with two attached hydrogens (primary N) is 1. The van der Waals surface area contributed by atoms with Crippen LogP contribution in [0, 0.1) is 17.9 Å². The summed E-state index contributed by atoms with van der Waals surface area (Å²) >= 11 is 1.18. The van der Waals surface area contributed by atoms with Crippen molar-refractivity contribution < 1.29 is 9.90 Å². The summed E-state index contributed by atoms with van der Waals surface area (Å²) in [6.45, 7) is 12.5. The van der Waals surface area contributed by atoms with E-state index in [-0.39, 0.29) is 12.6 Å². The predicted octanol–water partition coefficient (Wildman–Crippen LogP) is 3.81. The maximum absolute atomic E-state index is 12.4. The Hall–Kier alpha value is -3.11. The van der Waals surface area contributed by atoms with Crippen molar-refractivity contribution in [3.63, 3.8) is 0 Å².